The van der Waals surface area contributed by atoms with Gasteiger partial charge in [-0.15, -0.1) is 0 Å². The summed E-state index contributed by atoms with van der Waals surface area (Å²) in [7, 11) is 1.22. The zero-order valence-electron chi connectivity index (χ0n) is 19.9. The number of hydrogen-bond acceptors (Lipinski definition) is 13. The van der Waals surface area contributed by atoms with Crippen LogP contribution >= 0.6 is 0 Å². The van der Waals surface area contributed by atoms with Crippen LogP contribution in [0.4, 0.5) is 0 Å². The minimum atomic E-state index is -1.74. The van der Waals surface area contributed by atoms with Crippen LogP contribution in [0.3, 0.4) is 0 Å². The number of carbonyl (C=O) groups is 3. The Hall–Kier alpha value is -2.53. The number of aliphatic hydroxyl groups excluding tert-OH is 5. The lowest BCUT2D eigenvalue weighted by Gasteiger charge is -2.48. The number of benzene rings is 1. The number of carbonyl (C=O) groups excluding carboxylic acids is 3. The Balaban J connectivity index is 1.65. The Morgan fingerprint density at radius 1 is 0.892 bits per heavy atom. The van der Waals surface area contributed by atoms with Crippen LogP contribution in [0.2, 0.25) is 0 Å². The molecule has 0 aliphatic carbocycles. The Morgan fingerprint density at radius 3 is 1.97 bits per heavy atom. The van der Waals surface area contributed by atoms with E-state index in [9.17, 15) is 39.9 Å². The van der Waals surface area contributed by atoms with E-state index >= 15 is 0 Å². The molecule has 3 heterocycles. The van der Waals surface area contributed by atoms with Crippen LogP contribution in [0, 0.1) is 0 Å². The normalized spacial score (nSPS) is 38.0. The highest BCUT2D eigenvalue weighted by Crippen LogP contribution is 2.35. The van der Waals surface area contributed by atoms with Crippen LogP contribution in [0.15, 0.2) is 24.3 Å². The highest BCUT2D eigenvalue weighted by molar-refractivity contribution is 6.21. The molecule has 0 aromatic heterocycles. The van der Waals surface area contributed by atoms with Crippen molar-refractivity contribution in [2.24, 2.45) is 0 Å². The second kappa shape index (κ2) is 11.1. The van der Waals surface area contributed by atoms with Gasteiger partial charge in [-0.25, -0.2) is 0 Å². The van der Waals surface area contributed by atoms with Crippen molar-refractivity contribution in [3.05, 3.63) is 35.4 Å². The van der Waals surface area contributed by atoms with Crippen LogP contribution in [-0.2, 0) is 28.5 Å². The first-order chi connectivity index (χ1) is 17.6. The van der Waals surface area contributed by atoms with E-state index in [4.69, 9.17) is 23.7 Å². The second-order valence-corrected chi connectivity index (χ2v) is 8.85. The summed E-state index contributed by atoms with van der Waals surface area (Å²) in [6.07, 6.45) is -13.9. The molecule has 37 heavy (non-hydrogen) atoms. The van der Waals surface area contributed by atoms with E-state index in [-0.39, 0.29) is 11.1 Å². The molecule has 2 amide bonds. The van der Waals surface area contributed by atoms with Crippen molar-refractivity contribution in [1.29, 1.82) is 0 Å². The average molecular weight is 527 g/mol. The standard InChI is InChI=1S/C23H29NO13/c1-9(27)34-19-17(30)15(28)12(7-25)35-23(19)37-18-13(8-26)36-22(33-2)14(16(18)29)24-20(31)10-5-3-4-6-11(10)21(24)32/h3-6,12-19,22-23,25-26,28-30H,7-8H2,1-2H3/t12-,13-,14-,15+,16-,17-,18-,19+,22-,23+/m1/s1. The summed E-state index contributed by atoms with van der Waals surface area (Å²) < 4.78 is 27.4. The van der Waals surface area contributed by atoms with Gasteiger partial charge in [0, 0.05) is 14.0 Å². The fraction of sp³-hybridized carbons (Fsp3) is 0.609. The van der Waals surface area contributed by atoms with Crippen LogP contribution < -0.4 is 0 Å². The molecule has 1 aromatic carbocycles. The highest BCUT2D eigenvalue weighted by Gasteiger charge is 2.56. The first kappa shape index (κ1) is 27.5. The zero-order chi connectivity index (χ0) is 27.0. The molecule has 14 heteroatoms. The van der Waals surface area contributed by atoms with Crippen LogP contribution in [0.5, 0.6) is 0 Å². The number of aliphatic hydroxyl groups is 5. The molecule has 0 radical (unpaired) electrons. The topological polar surface area (TPSA) is 202 Å². The monoisotopic (exact) mass is 527 g/mol. The number of methoxy groups -OCH3 is 1. The Morgan fingerprint density at radius 2 is 1.46 bits per heavy atom. The number of amides is 2. The molecule has 3 aliphatic heterocycles. The third-order valence-corrected chi connectivity index (χ3v) is 6.59. The van der Waals surface area contributed by atoms with Crippen molar-refractivity contribution in [2.75, 3.05) is 20.3 Å². The quantitative estimate of drug-likeness (QED) is 0.179. The molecular formula is C23H29NO13. The summed E-state index contributed by atoms with van der Waals surface area (Å²) in [5.41, 5.74) is 0.231. The predicted octanol–water partition coefficient (Wildman–Crippen LogP) is -2.87. The maximum Gasteiger partial charge on any atom is 0.303 e. The van der Waals surface area contributed by atoms with E-state index in [0.717, 1.165) is 11.8 Å². The molecule has 2 fully saturated rings. The summed E-state index contributed by atoms with van der Waals surface area (Å²) in [5, 5.41) is 51.6. The first-order valence-corrected chi connectivity index (χ1v) is 11.5. The summed E-state index contributed by atoms with van der Waals surface area (Å²) >= 11 is 0. The van der Waals surface area contributed by atoms with E-state index < -0.39 is 92.3 Å². The molecule has 0 unspecified atom stereocenters. The molecule has 10 atom stereocenters. The molecule has 3 aliphatic rings. The van der Waals surface area contributed by atoms with Gasteiger partial charge in [-0.05, 0) is 12.1 Å². The van der Waals surface area contributed by atoms with Crippen molar-refractivity contribution in [2.45, 2.75) is 68.3 Å². The highest BCUT2D eigenvalue weighted by atomic mass is 16.7. The van der Waals surface area contributed by atoms with Gasteiger partial charge in [-0.1, -0.05) is 12.1 Å². The Labute approximate surface area is 210 Å². The maximum atomic E-state index is 13.1. The molecule has 0 bridgehead atoms. The van der Waals surface area contributed by atoms with Gasteiger partial charge in [0.15, 0.2) is 18.7 Å². The number of imide groups is 1. The third kappa shape index (κ3) is 4.87. The average Bonchev–Trinajstić information content (AvgIpc) is 3.13. The summed E-state index contributed by atoms with van der Waals surface area (Å²) in [6.45, 7) is -0.401. The van der Waals surface area contributed by atoms with Crippen LogP contribution in [0.25, 0.3) is 0 Å². The van der Waals surface area contributed by atoms with Gasteiger partial charge < -0.3 is 49.2 Å². The molecule has 5 N–H and O–H groups in total. The molecule has 0 saturated carbocycles. The lowest BCUT2D eigenvalue weighted by Crippen LogP contribution is -2.68. The van der Waals surface area contributed by atoms with Crippen molar-refractivity contribution >= 4 is 17.8 Å². The summed E-state index contributed by atoms with van der Waals surface area (Å²) in [5.74, 6) is -2.26. The van der Waals surface area contributed by atoms with Crippen LogP contribution in [-0.4, -0.2) is 130 Å². The SMILES string of the molecule is CO[C@@H]1O[C@H](CO)[C@@H](O[C@@H]2O[C@H](CO)[C@H](O)[C@@H](O)[C@@H]2OC(C)=O)[C@H](O)[C@H]1N1C(=O)c2ccccc2C1=O. The number of fused-ring (bicyclic) bond motifs is 1. The second-order valence-electron chi connectivity index (χ2n) is 8.85. The van der Waals surface area contributed by atoms with Gasteiger partial charge in [-0.3, -0.25) is 19.3 Å². The van der Waals surface area contributed by atoms with E-state index in [2.05, 4.69) is 0 Å². The minimum absolute atomic E-state index is 0.115. The zero-order valence-corrected chi connectivity index (χ0v) is 19.9. The first-order valence-electron chi connectivity index (χ1n) is 11.5. The van der Waals surface area contributed by atoms with E-state index in [1.165, 1.54) is 19.2 Å². The number of hydrogen-bond donors (Lipinski definition) is 5. The summed E-state index contributed by atoms with van der Waals surface area (Å²) in [4.78, 5) is 38.7. The van der Waals surface area contributed by atoms with Gasteiger partial charge in [0.1, 0.15) is 42.7 Å². The van der Waals surface area contributed by atoms with E-state index in [1.807, 2.05) is 0 Å². The van der Waals surface area contributed by atoms with Gasteiger partial charge in [0.25, 0.3) is 11.8 Å². The molecule has 14 nitrogen and oxygen atoms in total. The minimum Gasteiger partial charge on any atom is -0.454 e. The Bertz CT molecular complexity index is 985. The van der Waals surface area contributed by atoms with E-state index in [1.54, 1.807) is 12.1 Å². The van der Waals surface area contributed by atoms with Crippen molar-refractivity contribution in [3.8, 4) is 0 Å². The molecule has 1 aromatic rings. The molecule has 204 valence electrons. The van der Waals surface area contributed by atoms with Gasteiger partial charge in [-0.2, -0.15) is 0 Å². The maximum absolute atomic E-state index is 13.1. The number of rotatable bonds is 7. The van der Waals surface area contributed by atoms with Crippen molar-refractivity contribution < 1.29 is 63.6 Å². The van der Waals surface area contributed by atoms with Gasteiger partial charge in [0.2, 0.25) is 0 Å². The van der Waals surface area contributed by atoms with Crippen molar-refractivity contribution in [3.63, 3.8) is 0 Å². The lowest BCUT2D eigenvalue weighted by molar-refractivity contribution is -0.350. The van der Waals surface area contributed by atoms with Crippen molar-refractivity contribution in [1.82, 2.24) is 4.90 Å². The fourth-order valence-corrected chi connectivity index (χ4v) is 4.81. The number of esters is 1. The largest absolute Gasteiger partial charge is 0.454 e. The molecule has 0 spiro atoms. The lowest BCUT2D eigenvalue weighted by atomic mass is 9.94. The smallest absolute Gasteiger partial charge is 0.303 e. The fourth-order valence-electron chi connectivity index (χ4n) is 4.81. The number of ether oxygens (including phenoxy) is 5. The Kier molecular flexibility index (Phi) is 8.23. The third-order valence-electron chi connectivity index (χ3n) is 6.59. The van der Waals surface area contributed by atoms with Gasteiger partial charge in [0.05, 0.1) is 24.3 Å². The summed E-state index contributed by atoms with van der Waals surface area (Å²) in [6, 6.07) is 4.63. The molecule has 4 rings (SSSR count). The van der Waals surface area contributed by atoms with E-state index in [0.29, 0.717) is 0 Å². The van der Waals surface area contributed by atoms with Crippen LogP contribution in [0.1, 0.15) is 27.6 Å². The molecule has 2 saturated heterocycles. The predicted molar refractivity (Wildman–Crippen MR) is 118 cm³/mol. The number of nitrogens with zero attached hydrogens (tertiary/aromatic N) is 1. The van der Waals surface area contributed by atoms with Gasteiger partial charge >= 0.3 is 5.97 Å². The molecular weight excluding hydrogens is 498 g/mol.